The minimum absolute atomic E-state index is 0.0890. The zero-order valence-electron chi connectivity index (χ0n) is 11.0. The second kappa shape index (κ2) is 5.97. The number of hydrogen-bond donors (Lipinski definition) is 2. The molecule has 1 aromatic carbocycles. The lowest BCUT2D eigenvalue weighted by Crippen LogP contribution is -2.13. The highest BCUT2D eigenvalue weighted by Crippen LogP contribution is 2.11. The Morgan fingerprint density at radius 1 is 1.15 bits per heavy atom. The van der Waals surface area contributed by atoms with E-state index in [2.05, 4.69) is 17.2 Å². The summed E-state index contributed by atoms with van der Waals surface area (Å²) in [7, 11) is 0. The zero-order chi connectivity index (χ0) is 14.5. The molecule has 2 rings (SSSR count). The number of anilines is 1. The second-order valence-electron chi connectivity index (χ2n) is 4.24. The van der Waals surface area contributed by atoms with Crippen molar-refractivity contribution in [3.8, 4) is 0 Å². The van der Waals surface area contributed by atoms with Crippen molar-refractivity contribution >= 4 is 17.6 Å². The molecular weight excluding hydrogens is 256 g/mol. The van der Waals surface area contributed by atoms with E-state index in [9.17, 15) is 9.59 Å². The molecule has 1 heterocycles. The molecule has 0 aliphatic rings. The number of carbonyl (C=O) groups is 2. The number of aromatic nitrogens is 1. The molecule has 0 saturated heterocycles. The number of carbonyl (C=O) groups excluding carboxylic acids is 1. The van der Waals surface area contributed by atoms with E-state index in [1.54, 1.807) is 0 Å². The SMILES string of the molecule is CCc1ccc(NC(=O)c2ccc(C(=O)O)nc2)cc1. The summed E-state index contributed by atoms with van der Waals surface area (Å²) in [4.78, 5) is 26.3. The van der Waals surface area contributed by atoms with Gasteiger partial charge in [0.1, 0.15) is 5.69 Å². The third kappa shape index (κ3) is 3.20. The molecular formula is C15H14N2O3. The second-order valence-corrected chi connectivity index (χ2v) is 4.24. The lowest BCUT2D eigenvalue weighted by Gasteiger charge is -2.06. The Labute approximate surface area is 116 Å². The molecule has 0 bridgehead atoms. The van der Waals surface area contributed by atoms with Crippen molar-refractivity contribution in [3.63, 3.8) is 0 Å². The van der Waals surface area contributed by atoms with Crippen molar-refractivity contribution in [3.05, 3.63) is 59.4 Å². The maximum atomic E-state index is 12.0. The third-order valence-corrected chi connectivity index (χ3v) is 2.86. The van der Waals surface area contributed by atoms with Gasteiger partial charge in [-0.1, -0.05) is 19.1 Å². The van der Waals surface area contributed by atoms with E-state index in [1.807, 2.05) is 24.3 Å². The number of carboxylic acid groups (broad SMARTS) is 1. The fourth-order valence-corrected chi connectivity index (χ4v) is 1.68. The van der Waals surface area contributed by atoms with Crippen molar-refractivity contribution in [1.29, 1.82) is 0 Å². The highest BCUT2D eigenvalue weighted by Gasteiger charge is 2.09. The first-order chi connectivity index (χ1) is 9.60. The molecule has 5 nitrogen and oxygen atoms in total. The lowest BCUT2D eigenvalue weighted by molar-refractivity contribution is 0.0690. The number of pyridine rings is 1. The predicted octanol–water partition coefficient (Wildman–Crippen LogP) is 2.59. The monoisotopic (exact) mass is 270 g/mol. The number of aryl methyl sites for hydroxylation is 1. The number of benzene rings is 1. The standard InChI is InChI=1S/C15H14N2O3/c1-2-10-3-6-12(7-4-10)17-14(18)11-5-8-13(15(19)20)16-9-11/h3-9H,2H2,1H3,(H,17,18)(H,19,20). The van der Waals surface area contributed by atoms with Crippen LogP contribution >= 0.6 is 0 Å². The topological polar surface area (TPSA) is 79.3 Å². The van der Waals surface area contributed by atoms with Crippen LogP contribution in [0.5, 0.6) is 0 Å². The normalized spacial score (nSPS) is 10.1. The van der Waals surface area contributed by atoms with E-state index in [0.29, 0.717) is 11.3 Å². The van der Waals surface area contributed by atoms with Gasteiger partial charge in [-0.2, -0.15) is 0 Å². The summed E-state index contributed by atoms with van der Waals surface area (Å²) < 4.78 is 0. The Morgan fingerprint density at radius 3 is 2.35 bits per heavy atom. The van der Waals surface area contributed by atoms with Crippen LogP contribution in [0.1, 0.15) is 33.3 Å². The maximum absolute atomic E-state index is 12.0. The Kier molecular flexibility index (Phi) is 4.10. The van der Waals surface area contributed by atoms with Crippen molar-refractivity contribution in [2.24, 2.45) is 0 Å². The van der Waals surface area contributed by atoms with Crippen molar-refractivity contribution in [2.45, 2.75) is 13.3 Å². The van der Waals surface area contributed by atoms with Gasteiger partial charge in [-0.25, -0.2) is 9.78 Å². The Hall–Kier alpha value is -2.69. The van der Waals surface area contributed by atoms with Gasteiger partial charge in [0.15, 0.2) is 0 Å². The molecule has 102 valence electrons. The number of aromatic carboxylic acids is 1. The molecule has 0 unspecified atom stereocenters. The van der Waals surface area contributed by atoms with Gasteiger partial charge in [0, 0.05) is 11.9 Å². The largest absolute Gasteiger partial charge is 0.477 e. The average molecular weight is 270 g/mol. The molecule has 0 aliphatic heterocycles. The van der Waals surface area contributed by atoms with E-state index >= 15 is 0 Å². The quantitative estimate of drug-likeness (QED) is 0.895. The smallest absolute Gasteiger partial charge is 0.354 e. The molecule has 20 heavy (non-hydrogen) atoms. The van der Waals surface area contributed by atoms with Crippen LogP contribution in [-0.2, 0) is 6.42 Å². The van der Waals surface area contributed by atoms with Crippen molar-refractivity contribution < 1.29 is 14.7 Å². The lowest BCUT2D eigenvalue weighted by atomic mass is 10.1. The summed E-state index contributed by atoms with van der Waals surface area (Å²) in [5.74, 6) is -1.44. The number of rotatable bonds is 4. The number of carboxylic acids is 1. The van der Waals surface area contributed by atoms with E-state index < -0.39 is 5.97 Å². The van der Waals surface area contributed by atoms with Crippen LogP contribution in [-0.4, -0.2) is 22.0 Å². The maximum Gasteiger partial charge on any atom is 0.354 e. The number of hydrogen-bond acceptors (Lipinski definition) is 3. The first kappa shape index (κ1) is 13.7. The molecule has 2 N–H and O–H groups in total. The van der Waals surface area contributed by atoms with Crippen LogP contribution in [0.2, 0.25) is 0 Å². The van der Waals surface area contributed by atoms with E-state index in [4.69, 9.17) is 5.11 Å². The average Bonchev–Trinajstić information content (AvgIpc) is 2.48. The van der Waals surface area contributed by atoms with Crippen molar-refractivity contribution in [1.82, 2.24) is 4.98 Å². The summed E-state index contributed by atoms with van der Waals surface area (Å²) in [6, 6.07) is 10.3. The van der Waals surface area contributed by atoms with Gasteiger partial charge in [0.05, 0.1) is 5.56 Å². The molecule has 1 aromatic heterocycles. The van der Waals surface area contributed by atoms with E-state index in [0.717, 1.165) is 6.42 Å². The Balaban J connectivity index is 2.08. The van der Waals surface area contributed by atoms with Gasteiger partial charge in [-0.3, -0.25) is 4.79 Å². The highest BCUT2D eigenvalue weighted by atomic mass is 16.4. The molecule has 0 aliphatic carbocycles. The molecule has 0 saturated carbocycles. The zero-order valence-corrected chi connectivity index (χ0v) is 11.0. The summed E-state index contributed by atoms with van der Waals surface area (Å²) in [6.45, 7) is 2.06. The van der Waals surface area contributed by atoms with Crippen LogP contribution in [0.15, 0.2) is 42.6 Å². The van der Waals surface area contributed by atoms with Crippen LogP contribution in [0.4, 0.5) is 5.69 Å². The molecule has 0 spiro atoms. The molecule has 0 fully saturated rings. The number of nitrogens with zero attached hydrogens (tertiary/aromatic N) is 1. The van der Waals surface area contributed by atoms with Gasteiger partial charge in [-0.15, -0.1) is 0 Å². The number of amides is 1. The molecule has 0 radical (unpaired) electrons. The minimum atomic E-state index is -1.12. The fraction of sp³-hybridized carbons (Fsp3) is 0.133. The van der Waals surface area contributed by atoms with Gasteiger partial charge in [0.2, 0.25) is 0 Å². The fourth-order valence-electron chi connectivity index (χ4n) is 1.68. The Bertz CT molecular complexity index is 619. The van der Waals surface area contributed by atoms with E-state index in [-0.39, 0.29) is 11.6 Å². The third-order valence-electron chi connectivity index (χ3n) is 2.86. The molecule has 5 heteroatoms. The molecule has 1 amide bonds. The van der Waals surface area contributed by atoms with Gasteiger partial charge in [0.25, 0.3) is 5.91 Å². The highest BCUT2D eigenvalue weighted by molar-refractivity contribution is 6.04. The van der Waals surface area contributed by atoms with Crippen LogP contribution in [0.25, 0.3) is 0 Å². The first-order valence-electron chi connectivity index (χ1n) is 6.20. The number of nitrogens with one attached hydrogen (secondary N) is 1. The predicted molar refractivity (Wildman–Crippen MR) is 75.0 cm³/mol. The van der Waals surface area contributed by atoms with Crippen LogP contribution in [0, 0.1) is 0 Å². The summed E-state index contributed by atoms with van der Waals surface area (Å²) in [5.41, 5.74) is 2.11. The van der Waals surface area contributed by atoms with Gasteiger partial charge < -0.3 is 10.4 Å². The van der Waals surface area contributed by atoms with Crippen molar-refractivity contribution in [2.75, 3.05) is 5.32 Å². The molecule has 2 aromatic rings. The van der Waals surface area contributed by atoms with Crippen LogP contribution in [0.3, 0.4) is 0 Å². The van der Waals surface area contributed by atoms with E-state index in [1.165, 1.54) is 23.9 Å². The molecule has 0 atom stereocenters. The first-order valence-corrected chi connectivity index (χ1v) is 6.20. The summed E-state index contributed by atoms with van der Waals surface area (Å²) in [6.07, 6.45) is 2.19. The van der Waals surface area contributed by atoms with Gasteiger partial charge >= 0.3 is 5.97 Å². The summed E-state index contributed by atoms with van der Waals surface area (Å²) in [5, 5.41) is 11.5. The minimum Gasteiger partial charge on any atom is -0.477 e. The van der Waals surface area contributed by atoms with Gasteiger partial charge in [-0.05, 0) is 36.2 Å². The summed E-state index contributed by atoms with van der Waals surface area (Å²) >= 11 is 0. The Morgan fingerprint density at radius 2 is 1.85 bits per heavy atom. The van der Waals surface area contributed by atoms with Crippen LogP contribution < -0.4 is 5.32 Å².